The van der Waals surface area contributed by atoms with Crippen LogP contribution in [0, 0.1) is 17.8 Å². The molecule has 0 bridgehead atoms. The van der Waals surface area contributed by atoms with Crippen molar-refractivity contribution in [3.8, 4) is 5.75 Å². The van der Waals surface area contributed by atoms with Crippen molar-refractivity contribution in [1.29, 1.82) is 0 Å². The number of methoxy groups -OCH3 is 1. The number of nitrogens with one attached hydrogen (secondary N) is 1. The molecule has 0 radical (unpaired) electrons. The summed E-state index contributed by atoms with van der Waals surface area (Å²) in [6.07, 6.45) is 4.91. The van der Waals surface area contributed by atoms with Crippen molar-refractivity contribution in [1.82, 2.24) is 5.32 Å². The largest absolute Gasteiger partial charge is 0.535 e. The number of ether oxygens (including phenoxy) is 1. The Morgan fingerprint density at radius 2 is 2.07 bits per heavy atom. The van der Waals surface area contributed by atoms with E-state index < -0.39 is 13.1 Å². The highest BCUT2D eigenvalue weighted by molar-refractivity contribution is 6.47. The number of rotatable bonds is 5. The van der Waals surface area contributed by atoms with Gasteiger partial charge < -0.3 is 19.7 Å². The number of hydrogen-bond donors (Lipinski definition) is 2. The molecule has 2 fully saturated rings. The fourth-order valence-electron chi connectivity index (χ4n) is 5.21. The molecule has 0 spiro atoms. The van der Waals surface area contributed by atoms with Gasteiger partial charge in [-0.15, -0.1) is 0 Å². The number of esters is 1. The maximum atomic E-state index is 12.7. The molecule has 1 aromatic carbocycles. The first-order chi connectivity index (χ1) is 13.5. The topological polar surface area (TPSA) is 84.9 Å². The second kappa shape index (κ2) is 8.25. The summed E-state index contributed by atoms with van der Waals surface area (Å²) >= 11 is 0. The predicted molar refractivity (Wildman–Crippen MR) is 105 cm³/mol. The van der Waals surface area contributed by atoms with E-state index in [9.17, 15) is 14.6 Å². The summed E-state index contributed by atoms with van der Waals surface area (Å²) in [5.74, 6) is 1.79. The minimum atomic E-state index is -1.09. The smallest absolute Gasteiger partial charge is 0.526 e. The molecule has 2 N–H and O–H groups in total. The maximum Gasteiger partial charge on any atom is 0.526 e. The predicted octanol–water partition coefficient (Wildman–Crippen LogP) is 2.24. The number of fused-ring (bicyclic) bond motifs is 2. The molecule has 150 valence electrons. The lowest BCUT2D eigenvalue weighted by Gasteiger charge is -2.31. The summed E-state index contributed by atoms with van der Waals surface area (Å²) in [4.78, 5) is 24.6. The molecule has 28 heavy (non-hydrogen) atoms. The molecule has 7 heteroatoms. The lowest BCUT2D eigenvalue weighted by molar-refractivity contribution is -0.120. The van der Waals surface area contributed by atoms with Gasteiger partial charge in [0, 0.05) is 18.7 Å². The lowest BCUT2D eigenvalue weighted by Crippen LogP contribution is -2.36. The zero-order valence-electron chi connectivity index (χ0n) is 16.4. The number of hydrogen-bond acceptors (Lipinski definition) is 6. The van der Waals surface area contributed by atoms with Crippen LogP contribution in [0.15, 0.2) is 18.2 Å². The fourth-order valence-corrected chi connectivity index (χ4v) is 5.21. The van der Waals surface area contributed by atoms with Gasteiger partial charge in [-0.2, -0.15) is 0 Å². The second-order valence-corrected chi connectivity index (χ2v) is 8.56. The van der Waals surface area contributed by atoms with Gasteiger partial charge in [0.25, 0.3) is 0 Å². The molecule has 3 aliphatic rings. The summed E-state index contributed by atoms with van der Waals surface area (Å²) in [5, 5.41) is 13.9. The summed E-state index contributed by atoms with van der Waals surface area (Å²) in [5.41, 5.74) is 1.15. The van der Waals surface area contributed by atoms with E-state index in [0.717, 1.165) is 43.3 Å². The average molecular weight is 385 g/mol. The molecule has 2 heterocycles. The third-order valence-corrected chi connectivity index (χ3v) is 6.69. The quantitative estimate of drug-likeness (QED) is 0.598. The van der Waals surface area contributed by atoms with Gasteiger partial charge >= 0.3 is 13.1 Å². The molecule has 4 rings (SSSR count). The van der Waals surface area contributed by atoms with Crippen LogP contribution in [0.1, 0.15) is 48.0 Å². The number of para-hydroxylation sites is 1. The standard InChI is InChI=1S/C21H28BNO5/c1-27-21(25)19-4-2-3-14-9-17(22(26)28-20(14)19)10-18(24)8-13-5-6-15-11-23-12-16(15)7-13/h2-4,13,15-17,23,26H,5-12H2,1H3/t13?,15?,16?,17-/m1/s1. The highest BCUT2D eigenvalue weighted by Crippen LogP contribution is 2.39. The van der Waals surface area contributed by atoms with Crippen LogP contribution in [0.25, 0.3) is 0 Å². The molecule has 1 aromatic rings. The zero-order chi connectivity index (χ0) is 19.7. The van der Waals surface area contributed by atoms with Gasteiger partial charge in [0.15, 0.2) is 0 Å². The Morgan fingerprint density at radius 3 is 2.89 bits per heavy atom. The number of benzene rings is 1. The highest BCUT2D eigenvalue weighted by Gasteiger charge is 2.39. The monoisotopic (exact) mass is 385 g/mol. The molecule has 0 aromatic heterocycles. The minimum absolute atomic E-state index is 0.203. The van der Waals surface area contributed by atoms with E-state index in [1.807, 2.05) is 6.07 Å². The highest BCUT2D eigenvalue weighted by atomic mass is 16.5. The van der Waals surface area contributed by atoms with Crippen molar-refractivity contribution in [2.75, 3.05) is 20.2 Å². The third-order valence-electron chi connectivity index (χ3n) is 6.69. The van der Waals surface area contributed by atoms with Crippen molar-refractivity contribution >= 4 is 18.9 Å². The van der Waals surface area contributed by atoms with Crippen LogP contribution in [-0.4, -0.2) is 44.1 Å². The van der Waals surface area contributed by atoms with E-state index in [-0.39, 0.29) is 11.6 Å². The molecule has 6 nitrogen and oxygen atoms in total. The molecule has 2 aliphatic heterocycles. The SMILES string of the molecule is COC(=O)c1cccc2c1OB(O)[C@@H](CC(=O)CC1CCC3CNCC3C1)C2. The van der Waals surface area contributed by atoms with Crippen molar-refractivity contribution in [2.45, 2.75) is 44.3 Å². The van der Waals surface area contributed by atoms with E-state index in [1.54, 1.807) is 12.1 Å². The molecule has 1 saturated carbocycles. The number of carbonyl (C=O) groups excluding carboxylic acids is 2. The van der Waals surface area contributed by atoms with Gasteiger partial charge in [0.1, 0.15) is 17.1 Å². The van der Waals surface area contributed by atoms with Gasteiger partial charge in [-0.25, -0.2) is 4.79 Å². The molecule has 1 aliphatic carbocycles. The Balaban J connectivity index is 1.36. The Hall–Kier alpha value is -1.86. The van der Waals surface area contributed by atoms with Crippen molar-refractivity contribution in [3.63, 3.8) is 0 Å². The summed E-state index contributed by atoms with van der Waals surface area (Å²) in [7, 11) is 0.231. The first-order valence-electron chi connectivity index (χ1n) is 10.3. The first kappa shape index (κ1) is 19.5. The second-order valence-electron chi connectivity index (χ2n) is 8.56. The van der Waals surface area contributed by atoms with Crippen molar-refractivity contribution in [2.24, 2.45) is 17.8 Å². The zero-order valence-corrected chi connectivity index (χ0v) is 16.4. The van der Waals surface area contributed by atoms with Crippen LogP contribution in [0.4, 0.5) is 0 Å². The number of carbonyl (C=O) groups is 2. The summed E-state index contributed by atoms with van der Waals surface area (Å²) in [6.45, 7) is 2.22. The summed E-state index contributed by atoms with van der Waals surface area (Å²) < 4.78 is 10.4. The third kappa shape index (κ3) is 3.96. The lowest BCUT2D eigenvalue weighted by atomic mass is 9.64. The van der Waals surface area contributed by atoms with Crippen LogP contribution in [0.2, 0.25) is 5.82 Å². The van der Waals surface area contributed by atoms with Crippen LogP contribution in [0.3, 0.4) is 0 Å². The van der Waals surface area contributed by atoms with Crippen molar-refractivity contribution in [3.05, 3.63) is 29.3 Å². The van der Waals surface area contributed by atoms with Gasteiger partial charge in [-0.05, 0) is 68.2 Å². The first-order valence-corrected chi connectivity index (χ1v) is 10.3. The van der Waals surface area contributed by atoms with Crippen LogP contribution >= 0.6 is 0 Å². The Kier molecular flexibility index (Phi) is 5.74. The molecule has 3 unspecified atom stereocenters. The van der Waals surface area contributed by atoms with Gasteiger partial charge in [-0.1, -0.05) is 12.1 Å². The number of ketones is 1. The molecule has 1 saturated heterocycles. The Labute approximate surface area is 166 Å². The minimum Gasteiger partial charge on any atom is -0.535 e. The number of Topliss-reactive ketones (excluding diaryl/α,β-unsaturated/α-hetero) is 1. The normalized spacial score (nSPS) is 28.9. The molecule has 0 amide bonds. The Bertz CT molecular complexity index is 754. The van der Waals surface area contributed by atoms with Crippen LogP contribution < -0.4 is 9.97 Å². The van der Waals surface area contributed by atoms with Gasteiger partial charge in [-0.3, -0.25) is 4.79 Å². The van der Waals surface area contributed by atoms with Crippen molar-refractivity contribution < 1.29 is 24.0 Å². The van der Waals surface area contributed by atoms with E-state index in [2.05, 4.69) is 5.32 Å². The summed E-state index contributed by atoms with van der Waals surface area (Å²) in [6, 6.07) is 5.27. The van der Waals surface area contributed by atoms with E-state index in [0.29, 0.717) is 36.5 Å². The van der Waals surface area contributed by atoms with Gasteiger partial charge in [0.05, 0.1) is 7.11 Å². The van der Waals surface area contributed by atoms with Crippen LogP contribution in [-0.2, 0) is 16.0 Å². The van der Waals surface area contributed by atoms with E-state index >= 15 is 0 Å². The van der Waals surface area contributed by atoms with Crippen LogP contribution in [0.5, 0.6) is 5.75 Å². The Morgan fingerprint density at radius 1 is 1.25 bits per heavy atom. The molecule has 4 atom stereocenters. The fraction of sp³-hybridized carbons (Fsp3) is 0.619. The molecular weight excluding hydrogens is 357 g/mol. The average Bonchev–Trinajstić information content (AvgIpc) is 3.15. The van der Waals surface area contributed by atoms with Gasteiger partial charge in [0.2, 0.25) is 0 Å². The maximum absolute atomic E-state index is 12.7. The van der Waals surface area contributed by atoms with E-state index in [1.165, 1.54) is 13.5 Å². The van der Waals surface area contributed by atoms with E-state index in [4.69, 9.17) is 9.39 Å². The molecular formula is C21H28BNO5.